The van der Waals surface area contributed by atoms with E-state index in [1.807, 2.05) is 30.3 Å². The molecule has 3 rings (SSSR count). The van der Waals surface area contributed by atoms with Crippen LogP contribution in [0.4, 0.5) is 0 Å². The fourth-order valence-corrected chi connectivity index (χ4v) is 2.23. The van der Waals surface area contributed by atoms with Gasteiger partial charge in [0.05, 0.1) is 7.11 Å². The first kappa shape index (κ1) is 14.3. The number of carbonyl (C=O) groups is 1. The fourth-order valence-electron chi connectivity index (χ4n) is 2.23. The van der Waals surface area contributed by atoms with E-state index in [4.69, 9.17) is 18.9 Å². The first-order chi connectivity index (χ1) is 10.8. The van der Waals surface area contributed by atoms with Crippen LogP contribution < -0.4 is 14.2 Å². The van der Waals surface area contributed by atoms with E-state index < -0.39 is 5.97 Å². The predicted molar refractivity (Wildman–Crippen MR) is 79.5 cm³/mol. The van der Waals surface area contributed by atoms with Gasteiger partial charge in [-0.05, 0) is 17.7 Å². The molecule has 0 aliphatic carbocycles. The van der Waals surface area contributed by atoms with Gasteiger partial charge in [0, 0.05) is 0 Å². The van der Waals surface area contributed by atoms with Crippen molar-refractivity contribution in [1.29, 1.82) is 0 Å². The van der Waals surface area contributed by atoms with Crippen molar-refractivity contribution in [3.8, 4) is 17.2 Å². The molecule has 1 aliphatic rings. The molecule has 0 atom stereocenters. The van der Waals surface area contributed by atoms with E-state index in [0.29, 0.717) is 42.6 Å². The second-order valence-electron chi connectivity index (χ2n) is 4.73. The summed E-state index contributed by atoms with van der Waals surface area (Å²) in [4.78, 5) is 11.8. The van der Waals surface area contributed by atoms with Crippen LogP contribution in [-0.4, -0.2) is 26.3 Å². The molecule has 0 N–H and O–H groups in total. The van der Waals surface area contributed by atoms with Gasteiger partial charge in [0.2, 0.25) is 5.75 Å². The van der Waals surface area contributed by atoms with Crippen LogP contribution in [0.2, 0.25) is 0 Å². The summed E-state index contributed by atoms with van der Waals surface area (Å²) in [7, 11) is 1.33. The molecule has 1 heterocycles. The second kappa shape index (κ2) is 6.39. The lowest BCUT2D eigenvalue weighted by Crippen LogP contribution is -2.19. The van der Waals surface area contributed by atoms with Crippen molar-refractivity contribution >= 4 is 5.97 Å². The minimum absolute atomic E-state index is 0.337. The van der Waals surface area contributed by atoms with Crippen LogP contribution >= 0.6 is 0 Å². The number of ether oxygens (including phenoxy) is 4. The third kappa shape index (κ3) is 2.83. The van der Waals surface area contributed by atoms with Gasteiger partial charge < -0.3 is 18.9 Å². The van der Waals surface area contributed by atoms with Crippen LogP contribution in [0.25, 0.3) is 0 Å². The summed E-state index contributed by atoms with van der Waals surface area (Å²) in [5, 5.41) is 0. The second-order valence-corrected chi connectivity index (χ2v) is 4.73. The van der Waals surface area contributed by atoms with Crippen LogP contribution in [0.5, 0.6) is 17.2 Å². The Labute approximate surface area is 128 Å². The highest BCUT2D eigenvalue weighted by atomic mass is 16.6. The Bertz CT molecular complexity index is 666. The Morgan fingerprint density at radius 3 is 2.50 bits per heavy atom. The van der Waals surface area contributed by atoms with Crippen molar-refractivity contribution in [2.45, 2.75) is 6.61 Å². The van der Waals surface area contributed by atoms with Gasteiger partial charge in [-0.3, -0.25) is 0 Å². The topological polar surface area (TPSA) is 54.0 Å². The minimum Gasteiger partial charge on any atom is -0.485 e. The Hall–Kier alpha value is -2.69. The van der Waals surface area contributed by atoms with Gasteiger partial charge in [-0.2, -0.15) is 0 Å². The van der Waals surface area contributed by atoms with Crippen LogP contribution in [0.1, 0.15) is 15.9 Å². The van der Waals surface area contributed by atoms with E-state index in [-0.39, 0.29) is 0 Å². The number of rotatable bonds is 4. The standard InChI is InChI=1S/C17H16O5/c1-19-17(18)13-7-8-14(16-15(13)20-9-10-21-16)22-11-12-5-3-2-4-6-12/h2-8H,9-11H2,1H3. The summed E-state index contributed by atoms with van der Waals surface area (Å²) >= 11 is 0. The highest BCUT2D eigenvalue weighted by molar-refractivity contribution is 5.94. The zero-order valence-corrected chi connectivity index (χ0v) is 12.2. The molecular weight excluding hydrogens is 284 g/mol. The van der Waals surface area contributed by atoms with E-state index in [1.165, 1.54) is 7.11 Å². The highest BCUT2D eigenvalue weighted by Gasteiger charge is 2.25. The largest absolute Gasteiger partial charge is 0.485 e. The molecule has 0 saturated carbocycles. The van der Waals surface area contributed by atoms with Gasteiger partial charge in [0.25, 0.3) is 0 Å². The zero-order chi connectivity index (χ0) is 15.4. The van der Waals surface area contributed by atoms with Gasteiger partial charge >= 0.3 is 5.97 Å². The van der Waals surface area contributed by atoms with E-state index in [1.54, 1.807) is 12.1 Å². The normalized spacial score (nSPS) is 12.6. The zero-order valence-electron chi connectivity index (χ0n) is 12.2. The first-order valence-electron chi connectivity index (χ1n) is 6.97. The van der Waals surface area contributed by atoms with Crippen molar-refractivity contribution in [3.05, 3.63) is 53.6 Å². The lowest BCUT2D eigenvalue weighted by atomic mass is 10.1. The Kier molecular flexibility index (Phi) is 4.14. The van der Waals surface area contributed by atoms with Crippen molar-refractivity contribution in [2.24, 2.45) is 0 Å². The molecule has 22 heavy (non-hydrogen) atoms. The van der Waals surface area contributed by atoms with E-state index in [0.717, 1.165) is 5.56 Å². The summed E-state index contributed by atoms with van der Waals surface area (Å²) < 4.78 is 21.7. The van der Waals surface area contributed by atoms with Crippen molar-refractivity contribution in [3.63, 3.8) is 0 Å². The van der Waals surface area contributed by atoms with Crippen LogP contribution in [0.15, 0.2) is 42.5 Å². The van der Waals surface area contributed by atoms with Crippen LogP contribution in [0.3, 0.4) is 0 Å². The lowest BCUT2D eigenvalue weighted by Gasteiger charge is -2.22. The SMILES string of the molecule is COC(=O)c1ccc(OCc2ccccc2)c2c1OCCO2. The summed E-state index contributed by atoms with van der Waals surface area (Å²) in [6.07, 6.45) is 0. The molecule has 5 heteroatoms. The minimum atomic E-state index is -0.462. The number of hydrogen-bond donors (Lipinski definition) is 0. The van der Waals surface area contributed by atoms with Crippen LogP contribution in [0, 0.1) is 0 Å². The quantitative estimate of drug-likeness (QED) is 0.813. The molecule has 0 radical (unpaired) electrons. The number of fused-ring (bicyclic) bond motifs is 1. The van der Waals surface area contributed by atoms with Crippen molar-refractivity contribution in [1.82, 2.24) is 0 Å². The van der Waals surface area contributed by atoms with E-state index >= 15 is 0 Å². The summed E-state index contributed by atoms with van der Waals surface area (Å²) in [5.74, 6) is 0.913. The van der Waals surface area contributed by atoms with Crippen molar-refractivity contribution < 1.29 is 23.7 Å². The molecular formula is C17H16O5. The van der Waals surface area contributed by atoms with E-state index in [9.17, 15) is 4.79 Å². The smallest absolute Gasteiger partial charge is 0.341 e. The molecule has 5 nitrogen and oxygen atoms in total. The van der Waals surface area contributed by atoms with Gasteiger partial charge in [-0.15, -0.1) is 0 Å². The predicted octanol–water partition coefficient (Wildman–Crippen LogP) is 2.82. The lowest BCUT2D eigenvalue weighted by molar-refractivity contribution is 0.0589. The monoisotopic (exact) mass is 300 g/mol. The number of carbonyl (C=O) groups excluding carboxylic acids is 1. The van der Waals surface area contributed by atoms with Crippen molar-refractivity contribution in [2.75, 3.05) is 20.3 Å². The number of esters is 1. The summed E-state index contributed by atoms with van der Waals surface area (Å²) in [6.45, 7) is 1.21. The average molecular weight is 300 g/mol. The molecule has 0 aromatic heterocycles. The molecule has 114 valence electrons. The Morgan fingerprint density at radius 1 is 1.05 bits per heavy atom. The molecule has 0 fully saturated rings. The van der Waals surface area contributed by atoms with Gasteiger partial charge in [-0.25, -0.2) is 4.79 Å². The molecule has 0 unspecified atom stereocenters. The maximum Gasteiger partial charge on any atom is 0.341 e. The van der Waals surface area contributed by atoms with Crippen LogP contribution in [-0.2, 0) is 11.3 Å². The third-order valence-electron chi connectivity index (χ3n) is 3.29. The maximum absolute atomic E-state index is 11.8. The molecule has 2 aromatic rings. The molecule has 1 aliphatic heterocycles. The molecule has 0 bridgehead atoms. The molecule has 0 saturated heterocycles. The van der Waals surface area contributed by atoms with Gasteiger partial charge in [0.1, 0.15) is 25.4 Å². The Balaban J connectivity index is 1.87. The molecule has 0 spiro atoms. The van der Waals surface area contributed by atoms with Gasteiger partial charge in [0.15, 0.2) is 11.5 Å². The van der Waals surface area contributed by atoms with Gasteiger partial charge in [-0.1, -0.05) is 30.3 Å². The maximum atomic E-state index is 11.8. The average Bonchev–Trinajstić information content (AvgIpc) is 2.60. The molecule has 2 aromatic carbocycles. The third-order valence-corrected chi connectivity index (χ3v) is 3.29. The fraction of sp³-hybridized carbons (Fsp3) is 0.235. The number of hydrogen-bond acceptors (Lipinski definition) is 5. The molecule has 0 amide bonds. The van der Waals surface area contributed by atoms with E-state index in [2.05, 4.69) is 0 Å². The number of benzene rings is 2. The summed E-state index contributed by atoms with van der Waals surface area (Å²) in [5.41, 5.74) is 1.38. The highest BCUT2D eigenvalue weighted by Crippen LogP contribution is 2.42. The Morgan fingerprint density at radius 2 is 1.77 bits per heavy atom. The summed E-state index contributed by atoms with van der Waals surface area (Å²) in [6, 6.07) is 13.1. The number of methoxy groups -OCH3 is 1. The first-order valence-corrected chi connectivity index (χ1v) is 6.97.